The third-order valence-electron chi connectivity index (χ3n) is 4.87. The second kappa shape index (κ2) is 9.51. The highest BCUT2D eigenvalue weighted by Gasteiger charge is 2.28. The fourth-order valence-corrected chi connectivity index (χ4v) is 4.29. The zero-order chi connectivity index (χ0) is 22.5. The van der Waals surface area contributed by atoms with Crippen LogP contribution < -0.4 is 4.81 Å². The summed E-state index contributed by atoms with van der Waals surface area (Å²) in [4.78, 5) is 6.68. The molecule has 0 radical (unpaired) electrons. The lowest BCUT2D eigenvalue weighted by Crippen LogP contribution is -2.29. The highest BCUT2D eigenvalue weighted by atomic mass is 32.2. The van der Waals surface area contributed by atoms with Gasteiger partial charge in [0.2, 0.25) is 0 Å². The van der Waals surface area contributed by atoms with Gasteiger partial charge in [0.15, 0.2) is 0 Å². The van der Waals surface area contributed by atoms with Gasteiger partial charge in [0.25, 0.3) is 0 Å². The van der Waals surface area contributed by atoms with E-state index in [2.05, 4.69) is 6.07 Å². The number of benzene rings is 3. The Balaban J connectivity index is 1.80. The fraction of sp³-hybridized carbons (Fsp3) is 0.0417. The van der Waals surface area contributed by atoms with Crippen LogP contribution in [0.5, 0.6) is 0 Å². The Morgan fingerprint density at radius 2 is 1.53 bits per heavy atom. The Morgan fingerprint density at radius 1 is 0.906 bits per heavy atom. The summed E-state index contributed by atoms with van der Waals surface area (Å²) in [6.45, 7) is 0. The Morgan fingerprint density at radius 3 is 2.16 bits per heavy atom. The molecule has 0 bridgehead atoms. The van der Waals surface area contributed by atoms with E-state index in [1.165, 1.54) is 30.5 Å². The first kappa shape index (κ1) is 21.4. The van der Waals surface area contributed by atoms with Gasteiger partial charge in [-0.25, -0.2) is 4.99 Å². The smallest absolute Gasteiger partial charge is 0.332 e. The first-order chi connectivity index (χ1) is 15.6. The van der Waals surface area contributed by atoms with Crippen LogP contribution in [0.3, 0.4) is 0 Å². The molecule has 1 aliphatic heterocycles. The highest BCUT2D eigenvalue weighted by Crippen LogP contribution is 2.35. The van der Waals surface area contributed by atoms with Crippen molar-refractivity contribution in [3.8, 4) is 12.1 Å². The van der Waals surface area contributed by atoms with Crippen LogP contribution in [0.4, 0.5) is 20.0 Å². The monoisotopic (exact) mass is 440 g/mol. The SMILES string of the molecule is N#Cc1ccc(N=C2/C(=C/N(B(F)F)c3ccc(C#N)cc3)CSc3ccccc32)cc1. The van der Waals surface area contributed by atoms with Crippen molar-refractivity contribution < 1.29 is 8.63 Å². The number of nitriles is 2. The Hall–Kier alpha value is -3.88. The molecule has 3 aromatic rings. The van der Waals surface area contributed by atoms with E-state index in [1.54, 1.807) is 36.0 Å². The molecule has 4 rings (SSSR count). The number of anilines is 1. The molecule has 0 N–H and O–H groups in total. The summed E-state index contributed by atoms with van der Waals surface area (Å²) in [6, 6.07) is 24.7. The quantitative estimate of drug-likeness (QED) is 0.469. The predicted octanol–water partition coefficient (Wildman–Crippen LogP) is 5.97. The molecule has 0 saturated heterocycles. The lowest BCUT2D eigenvalue weighted by atomic mass is 10.0. The molecule has 0 aliphatic carbocycles. The molecule has 8 heteroatoms. The predicted molar refractivity (Wildman–Crippen MR) is 124 cm³/mol. The topological polar surface area (TPSA) is 63.2 Å². The molecule has 0 saturated carbocycles. The zero-order valence-corrected chi connectivity index (χ0v) is 17.6. The van der Waals surface area contributed by atoms with E-state index >= 15 is 0 Å². The largest absolute Gasteiger partial charge is 0.677 e. The van der Waals surface area contributed by atoms with Gasteiger partial charge in [-0.05, 0) is 54.6 Å². The van der Waals surface area contributed by atoms with E-state index in [0.29, 0.717) is 33.9 Å². The summed E-state index contributed by atoms with van der Waals surface area (Å²) in [7, 11) is -2.77. The molecule has 0 atom stereocenters. The van der Waals surface area contributed by atoms with Gasteiger partial charge in [-0.2, -0.15) is 10.5 Å². The maximum atomic E-state index is 14.0. The van der Waals surface area contributed by atoms with Crippen molar-refractivity contribution in [3.63, 3.8) is 0 Å². The number of halogens is 2. The minimum atomic E-state index is -2.77. The minimum absolute atomic E-state index is 0.285. The van der Waals surface area contributed by atoms with Crippen LogP contribution in [0.15, 0.2) is 94.5 Å². The summed E-state index contributed by atoms with van der Waals surface area (Å²) < 4.78 is 28.0. The molecule has 0 amide bonds. The summed E-state index contributed by atoms with van der Waals surface area (Å²) in [5.41, 5.74) is 3.98. The molecule has 32 heavy (non-hydrogen) atoms. The Bertz CT molecular complexity index is 1270. The number of hydrogen-bond donors (Lipinski definition) is 0. The molecule has 3 aromatic carbocycles. The van der Waals surface area contributed by atoms with E-state index in [-0.39, 0.29) is 5.69 Å². The molecule has 1 heterocycles. The summed E-state index contributed by atoms with van der Waals surface area (Å²) in [5.74, 6) is 0.478. The van der Waals surface area contributed by atoms with E-state index < -0.39 is 7.40 Å². The Labute approximate surface area is 189 Å². The van der Waals surface area contributed by atoms with Gasteiger partial charge < -0.3 is 4.81 Å². The molecular weight excluding hydrogens is 425 g/mol. The fourth-order valence-electron chi connectivity index (χ4n) is 3.27. The second-order valence-electron chi connectivity index (χ2n) is 6.90. The summed E-state index contributed by atoms with van der Waals surface area (Å²) in [5, 5.41) is 18.0. The van der Waals surface area contributed by atoms with Crippen LogP contribution in [0, 0.1) is 22.7 Å². The summed E-state index contributed by atoms with van der Waals surface area (Å²) in [6.07, 6.45) is 1.43. The van der Waals surface area contributed by atoms with Crippen molar-refractivity contribution in [2.45, 2.75) is 4.90 Å². The van der Waals surface area contributed by atoms with Crippen molar-refractivity contribution >= 4 is 36.3 Å². The van der Waals surface area contributed by atoms with E-state index in [9.17, 15) is 8.63 Å². The van der Waals surface area contributed by atoms with Crippen LogP contribution in [0.2, 0.25) is 0 Å². The van der Waals surface area contributed by atoms with E-state index in [1.807, 2.05) is 30.3 Å². The van der Waals surface area contributed by atoms with Crippen LogP contribution in [0.1, 0.15) is 16.7 Å². The van der Waals surface area contributed by atoms with Crippen LogP contribution in [-0.4, -0.2) is 18.9 Å². The number of aliphatic imine (C=N–C) groups is 1. The van der Waals surface area contributed by atoms with Crippen molar-refractivity contribution in [3.05, 3.63) is 101 Å². The first-order valence-electron chi connectivity index (χ1n) is 9.68. The first-order valence-corrected chi connectivity index (χ1v) is 10.7. The molecule has 0 spiro atoms. The molecule has 0 fully saturated rings. The van der Waals surface area contributed by atoms with Crippen molar-refractivity contribution in [1.82, 2.24) is 0 Å². The van der Waals surface area contributed by atoms with E-state index in [4.69, 9.17) is 15.5 Å². The van der Waals surface area contributed by atoms with Gasteiger partial charge in [-0.1, -0.05) is 18.2 Å². The normalized spacial score (nSPS) is 15.0. The van der Waals surface area contributed by atoms with Crippen LogP contribution >= 0.6 is 11.8 Å². The van der Waals surface area contributed by atoms with Gasteiger partial charge in [0.1, 0.15) is 0 Å². The lowest BCUT2D eigenvalue weighted by molar-refractivity contribution is 0.655. The zero-order valence-electron chi connectivity index (χ0n) is 16.7. The van der Waals surface area contributed by atoms with Crippen LogP contribution in [-0.2, 0) is 0 Å². The van der Waals surface area contributed by atoms with Crippen LogP contribution in [0.25, 0.3) is 0 Å². The van der Waals surface area contributed by atoms with Crippen molar-refractivity contribution in [1.29, 1.82) is 10.5 Å². The number of fused-ring (bicyclic) bond motifs is 1. The van der Waals surface area contributed by atoms with Crippen molar-refractivity contribution in [2.75, 3.05) is 10.6 Å². The Kier molecular flexibility index (Phi) is 6.35. The minimum Gasteiger partial charge on any atom is -0.332 e. The number of nitrogens with zero attached hydrogens (tertiary/aromatic N) is 4. The average Bonchev–Trinajstić information content (AvgIpc) is 2.84. The summed E-state index contributed by atoms with van der Waals surface area (Å²) >= 11 is 1.57. The third kappa shape index (κ3) is 4.56. The molecule has 0 aromatic heterocycles. The van der Waals surface area contributed by atoms with Gasteiger partial charge in [-0.15, -0.1) is 11.8 Å². The lowest BCUT2D eigenvalue weighted by Gasteiger charge is -2.24. The second-order valence-corrected chi connectivity index (χ2v) is 7.92. The number of rotatable bonds is 4. The molecule has 4 nitrogen and oxygen atoms in total. The highest BCUT2D eigenvalue weighted by molar-refractivity contribution is 7.99. The standard InChI is InChI=1S/C24H15BF2N4S/c26-25(27)31(21-11-7-18(14-29)8-12-21)15-19-16-32-23-4-2-1-3-22(23)24(19)30-20-9-5-17(13-28)6-10-20/h1-12,15H,16H2/b19-15+,30-24?. The molecular formula is C24H15BF2N4S. The van der Waals surface area contributed by atoms with Crippen molar-refractivity contribution in [2.24, 2.45) is 4.99 Å². The maximum Gasteiger partial charge on any atom is 0.677 e. The molecule has 0 unspecified atom stereocenters. The average molecular weight is 440 g/mol. The van der Waals surface area contributed by atoms with E-state index in [0.717, 1.165) is 15.3 Å². The number of thioether (sulfide) groups is 1. The van der Waals surface area contributed by atoms with Gasteiger partial charge in [-0.3, -0.25) is 8.63 Å². The maximum absolute atomic E-state index is 14.0. The van der Waals surface area contributed by atoms with Gasteiger partial charge in [0.05, 0.1) is 34.7 Å². The number of hydrogen-bond acceptors (Lipinski definition) is 5. The van der Waals surface area contributed by atoms with Gasteiger partial charge in [0, 0.05) is 33.7 Å². The third-order valence-corrected chi connectivity index (χ3v) is 5.99. The molecule has 1 aliphatic rings. The van der Waals surface area contributed by atoms with Gasteiger partial charge >= 0.3 is 7.40 Å². The molecule has 154 valence electrons.